The average molecular weight is 567 g/mol. The van der Waals surface area contributed by atoms with Crippen LogP contribution in [-0.4, -0.2) is 88.0 Å². The zero-order chi connectivity index (χ0) is 30.4. The summed E-state index contributed by atoms with van der Waals surface area (Å²) in [5.74, 6) is -3.24. The van der Waals surface area contributed by atoms with Gasteiger partial charge in [-0.3, -0.25) is 19.2 Å². The number of aromatic hydroxyl groups is 1. The van der Waals surface area contributed by atoms with Crippen molar-refractivity contribution in [1.29, 1.82) is 0 Å². The number of phenols is 1. The molecule has 4 N–H and O–H groups in total. The third-order valence-electron chi connectivity index (χ3n) is 7.89. The molecule has 41 heavy (non-hydrogen) atoms. The van der Waals surface area contributed by atoms with Crippen molar-refractivity contribution < 1.29 is 29.4 Å². The van der Waals surface area contributed by atoms with Crippen molar-refractivity contribution in [3.63, 3.8) is 0 Å². The Bertz CT molecular complexity index is 1240. The van der Waals surface area contributed by atoms with Crippen LogP contribution in [0.3, 0.4) is 0 Å². The van der Waals surface area contributed by atoms with Gasteiger partial charge in [-0.15, -0.1) is 0 Å². The fraction of sp³-hybridized carbons (Fsp3) is 0.484. The first-order valence-corrected chi connectivity index (χ1v) is 14.0. The molecule has 0 spiro atoms. The van der Waals surface area contributed by atoms with E-state index in [4.69, 9.17) is 0 Å². The molecule has 0 aromatic heterocycles. The smallest absolute Gasteiger partial charge is 0.255 e. The second-order valence-electron chi connectivity index (χ2n) is 11.3. The van der Waals surface area contributed by atoms with Crippen molar-refractivity contribution >= 4 is 23.6 Å². The third-order valence-corrected chi connectivity index (χ3v) is 7.89. The Kier molecular flexibility index (Phi) is 10.5. The van der Waals surface area contributed by atoms with Gasteiger partial charge in [0, 0.05) is 14.1 Å². The number of likely N-dealkylation sites (N-methyl/N-ethyl adjacent to an activating group) is 2. The predicted molar refractivity (Wildman–Crippen MR) is 155 cm³/mol. The lowest BCUT2D eigenvalue weighted by atomic mass is 9.90. The zero-order valence-corrected chi connectivity index (χ0v) is 24.6. The first-order chi connectivity index (χ1) is 19.3. The van der Waals surface area contributed by atoms with Crippen molar-refractivity contribution in [3.05, 3.63) is 65.7 Å². The number of nitrogens with zero attached hydrogens (tertiary/aromatic N) is 2. The van der Waals surface area contributed by atoms with E-state index in [9.17, 15) is 29.4 Å². The Hall–Kier alpha value is -3.92. The van der Waals surface area contributed by atoms with E-state index in [1.165, 1.54) is 29.0 Å². The van der Waals surface area contributed by atoms with Crippen LogP contribution >= 0.6 is 0 Å². The summed E-state index contributed by atoms with van der Waals surface area (Å²) in [4.78, 5) is 57.2. The minimum atomic E-state index is -1.29. The number of benzene rings is 2. The fourth-order valence-corrected chi connectivity index (χ4v) is 5.19. The van der Waals surface area contributed by atoms with E-state index in [0.717, 1.165) is 5.56 Å². The summed E-state index contributed by atoms with van der Waals surface area (Å²) < 4.78 is 0. The monoisotopic (exact) mass is 566 g/mol. The van der Waals surface area contributed by atoms with Crippen molar-refractivity contribution in [2.24, 2.45) is 11.8 Å². The lowest BCUT2D eigenvalue weighted by Gasteiger charge is -2.40. The molecule has 2 aromatic carbocycles. The van der Waals surface area contributed by atoms with Crippen LogP contribution < -0.4 is 10.6 Å². The third kappa shape index (κ3) is 7.43. The number of para-hydroxylation sites is 1. The van der Waals surface area contributed by atoms with Gasteiger partial charge in [-0.1, -0.05) is 63.2 Å². The summed E-state index contributed by atoms with van der Waals surface area (Å²) >= 11 is 0. The van der Waals surface area contributed by atoms with Crippen molar-refractivity contribution in [2.45, 2.75) is 70.8 Å². The Morgan fingerprint density at radius 1 is 0.951 bits per heavy atom. The van der Waals surface area contributed by atoms with E-state index in [1.54, 1.807) is 33.0 Å². The molecule has 1 heterocycles. The quantitative estimate of drug-likeness (QED) is 0.422. The molecule has 1 aliphatic rings. The first kappa shape index (κ1) is 31.6. The van der Waals surface area contributed by atoms with Crippen molar-refractivity contribution in [3.8, 4) is 5.75 Å². The summed E-state index contributed by atoms with van der Waals surface area (Å²) in [6, 6.07) is 11.4. The topological polar surface area (TPSA) is 139 Å². The molecule has 6 atom stereocenters. The Balaban J connectivity index is 2.08. The standard InChI is InChI=1S/C31H42N4O6/c1-18(2)16-24-31(41)34(5)20(4)26(33-28(38)22-14-10-11-15-25(22)36)29(39)32-23(17-21-12-8-7-9-13-21)27(37)19(3)30(40)35(24)6/h7-15,18-20,23-24,26-27,36-37H,16-17H2,1-6H3,(H,32,39)(H,33,38)/t19-,20-,23+,24?,26+,27+/m1/s1. The van der Waals surface area contributed by atoms with Crippen molar-refractivity contribution in [1.82, 2.24) is 20.4 Å². The lowest BCUT2D eigenvalue weighted by Crippen LogP contribution is -2.64. The number of phenolic OH excluding ortho intramolecular Hbond substituents is 1. The van der Waals surface area contributed by atoms with Gasteiger partial charge in [-0.05, 0) is 43.4 Å². The molecule has 1 unspecified atom stereocenters. The zero-order valence-electron chi connectivity index (χ0n) is 24.6. The molecule has 0 aliphatic carbocycles. The minimum absolute atomic E-state index is 0.0231. The van der Waals surface area contributed by atoms with E-state index in [2.05, 4.69) is 10.6 Å². The van der Waals surface area contributed by atoms with Gasteiger partial charge < -0.3 is 30.6 Å². The normalized spacial score (nSPS) is 26.3. The summed E-state index contributed by atoms with van der Waals surface area (Å²) in [5.41, 5.74) is 0.815. The van der Waals surface area contributed by atoms with Crippen LogP contribution in [0, 0.1) is 11.8 Å². The van der Waals surface area contributed by atoms with E-state index in [-0.39, 0.29) is 29.6 Å². The van der Waals surface area contributed by atoms with Crippen molar-refractivity contribution in [2.75, 3.05) is 14.1 Å². The highest BCUT2D eigenvalue weighted by Gasteiger charge is 2.42. The van der Waals surface area contributed by atoms with Crippen LogP contribution in [0.15, 0.2) is 54.6 Å². The Labute approximate surface area is 241 Å². The van der Waals surface area contributed by atoms with E-state index >= 15 is 0 Å². The van der Waals surface area contributed by atoms with E-state index in [1.807, 2.05) is 44.2 Å². The molecule has 1 aliphatic heterocycles. The number of hydrogen-bond donors (Lipinski definition) is 4. The number of aliphatic hydroxyl groups excluding tert-OH is 1. The van der Waals surface area contributed by atoms with Gasteiger partial charge in [-0.25, -0.2) is 0 Å². The number of aliphatic hydroxyl groups is 1. The number of carbonyl (C=O) groups excluding carboxylic acids is 4. The molecular formula is C31H42N4O6. The molecule has 0 bridgehead atoms. The van der Waals surface area contributed by atoms with Gasteiger partial charge in [0.15, 0.2) is 0 Å². The molecule has 0 radical (unpaired) electrons. The van der Waals surface area contributed by atoms with Crippen LogP contribution in [0.2, 0.25) is 0 Å². The van der Waals surface area contributed by atoms with Gasteiger partial charge in [0.2, 0.25) is 17.7 Å². The molecule has 2 aromatic rings. The SMILES string of the molecule is CC(C)CC1C(=O)N(C)[C@H](C)[C@H](NC(=O)c2ccccc2O)C(=O)N[C@@H](Cc2ccccc2)[C@@H](O)[C@@H](C)C(=O)N1C. The predicted octanol–water partition coefficient (Wildman–Crippen LogP) is 1.95. The second kappa shape index (κ2) is 13.6. The van der Waals surface area contributed by atoms with E-state index < -0.39 is 53.9 Å². The number of rotatable bonds is 6. The largest absolute Gasteiger partial charge is 0.507 e. The summed E-state index contributed by atoms with van der Waals surface area (Å²) in [7, 11) is 3.10. The average Bonchev–Trinajstić information content (AvgIpc) is 2.95. The van der Waals surface area contributed by atoms with Crippen LogP contribution in [0.1, 0.15) is 50.0 Å². The molecule has 10 heteroatoms. The number of nitrogens with one attached hydrogen (secondary N) is 2. The second-order valence-corrected chi connectivity index (χ2v) is 11.3. The van der Waals surface area contributed by atoms with Crippen LogP contribution in [0.25, 0.3) is 0 Å². The molecule has 10 nitrogen and oxygen atoms in total. The molecule has 3 rings (SSSR count). The maximum absolute atomic E-state index is 13.9. The molecule has 0 saturated carbocycles. The molecule has 1 saturated heterocycles. The van der Waals surface area contributed by atoms with Crippen LogP contribution in [0.5, 0.6) is 5.75 Å². The Morgan fingerprint density at radius 2 is 1.56 bits per heavy atom. The molecule has 222 valence electrons. The van der Waals surface area contributed by atoms with Crippen LogP contribution in [-0.2, 0) is 20.8 Å². The highest BCUT2D eigenvalue weighted by molar-refractivity contribution is 6.00. The Morgan fingerprint density at radius 3 is 2.17 bits per heavy atom. The highest BCUT2D eigenvalue weighted by atomic mass is 16.3. The molecule has 4 amide bonds. The van der Waals surface area contributed by atoms with E-state index in [0.29, 0.717) is 6.42 Å². The highest BCUT2D eigenvalue weighted by Crippen LogP contribution is 2.23. The van der Waals surface area contributed by atoms with Gasteiger partial charge in [0.05, 0.1) is 29.7 Å². The summed E-state index contributed by atoms with van der Waals surface area (Å²) in [5, 5.41) is 27.2. The molecular weight excluding hydrogens is 524 g/mol. The van der Waals surface area contributed by atoms with Crippen LogP contribution in [0.4, 0.5) is 0 Å². The number of hydrogen-bond acceptors (Lipinski definition) is 6. The minimum Gasteiger partial charge on any atom is -0.507 e. The van der Waals surface area contributed by atoms with Gasteiger partial charge >= 0.3 is 0 Å². The molecule has 1 fully saturated rings. The maximum Gasteiger partial charge on any atom is 0.255 e. The maximum atomic E-state index is 13.9. The first-order valence-electron chi connectivity index (χ1n) is 14.0. The number of carbonyl (C=O) groups is 4. The summed E-state index contributed by atoms with van der Waals surface area (Å²) in [6.45, 7) is 7.11. The summed E-state index contributed by atoms with van der Waals surface area (Å²) in [6.07, 6.45) is -0.686. The van der Waals surface area contributed by atoms with Gasteiger partial charge in [-0.2, -0.15) is 0 Å². The number of amides is 4. The van der Waals surface area contributed by atoms with Gasteiger partial charge in [0.25, 0.3) is 5.91 Å². The van der Waals surface area contributed by atoms with Gasteiger partial charge in [0.1, 0.15) is 17.8 Å². The fourth-order valence-electron chi connectivity index (χ4n) is 5.19. The lowest BCUT2D eigenvalue weighted by molar-refractivity contribution is -0.151.